The minimum absolute atomic E-state index is 0.136. The molecule has 0 atom stereocenters. The third-order valence-electron chi connectivity index (χ3n) is 2.75. The molecule has 4 nitrogen and oxygen atoms in total. The van der Waals surface area contributed by atoms with Crippen molar-refractivity contribution in [3.8, 4) is 0 Å². The number of anilines is 1. The summed E-state index contributed by atoms with van der Waals surface area (Å²) in [5.74, 6) is 0.777. The molecule has 1 heterocycles. The zero-order chi connectivity index (χ0) is 15.3. The van der Waals surface area contributed by atoms with Crippen molar-refractivity contribution in [2.45, 2.75) is 39.4 Å². The lowest BCUT2D eigenvalue weighted by Crippen LogP contribution is -2.32. The summed E-state index contributed by atoms with van der Waals surface area (Å²) in [5.41, 5.74) is 1.00. The summed E-state index contributed by atoms with van der Waals surface area (Å²) in [5, 5.41) is 3.09. The van der Waals surface area contributed by atoms with Crippen LogP contribution in [0.25, 0.3) is 0 Å². The van der Waals surface area contributed by atoms with Crippen LogP contribution >= 0.6 is 0 Å². The molecule has 0 radical (unpaired) electrons. The van der Waals surface area contributed by atoms with E-state index in [1.54, 1.807) is 0 Å². The lowest BCUT2D eigenvalue weighted by molar-refractivity contribution is -0.119. The van der Waals surface area contributed by atoms with E-state index in [2.05, 4.69) is 15.3 Å². The van der Waals surface area contributed by atoms with Gasteiger partial charge in [-0.15, -0.1) is 0 Å². The molecule has 0 bridgehead atoms. The molecule has 1 N–H and O–H groups in total. The maximum Gasteiger partial charge on any atom is 0.405 e. The Balaban J connectivity index is 3.03. The van der Waals surface area contributed by atoms with Crippen molar-refractivity contribution in [3.63, 3.8) is 0 Å². The number of hydrogen-bond acceptors (Lipinski definition) is 4. The Morgan fingerprint density at radius 1 is 1.35 bits per heavy atom. The van der Waals surface area contributed by atoms with Crippen molar-refractivity contribution in [1.82, 2.24) is 15.3 Å². The molecule has 0 saturated carbocycles. The summed E-state index contributed by atoms with van der Waals surface area (Å²) in [6, 6.07) is 0. The molecule has 1 aromatic heterocycles. The van der Waals surface area contributed by atoms with Crippen molar-refractivity contribution in [2.24, 2.45) is 0 Å². The Morgan fingerprint density at radius 2 is 2.00 bits per heavy atom. The summed E-state index contributed by atoms with van der Waals surface area (Å²) < 4.78 is 37.5. The van der Waals surface area contributed by atoms with Gasteiger partial charge in [0, 0.05) is 19.5 Å². The van der Waals surface area contributed by atoms with Crippen LogP contribution in [0.15, 0.2) is 6.20 Å². The van der Waals surface area contributed by atoms with Gasteiger partial charge in [0.1, 0.15) is 12.4 Å². The fraction of sp³-hybridized carbons (Fsp3) is 0.692. The number of aromatic nitrogens is 2. The summed E-state index contributed by atoms with van der Waals surface area (Å²) in [4.78, 5) is 9.66. The summed E-state index contributed by atoms with van der Waals surface area (Å²) in [6.07, 6.45) is -2.78. The van der Waals surface area contributed by atoms with Crippen LogP contribution < -0.4 is 10.2 Å². The Hall–Kier alpha value is -1.37. The second-order valence-electron chi connectivity index (χ2n) is 4.97. The largest absolute Gasteiger partial charge is 0.405 e. The topological polar surface area (TPSA) is 41.1 Å². The second kappa shape index (κ2) is 6.88. The van der Waals surface area contributed by atoms with Crippen molar-refractivity contribution in [1.29, 1.82) is 0 Å². The average molecular weight is 290 g/mol. The Bertz CT molecular complexity index is 432. The van der Waals surface area contributed by atoms with Crippen LogP contribution in [0.4, 0.5) is 18.9 Å². The molecular weight excluding hydrogens is 269 g/mol. The predicted molar refractivity (Wildman–Crippen MR) is 72.8 cm³/mol. The zero-order valence-electron chi connectivity index (χ0n) is 12.3. The van der Waals surface area contributed by atoms with E-state index in [4.69, 9.17) is 0 Å². The highest BCUT2D eigenvalue weighted by Gasteiger charge is 2.30. The van der Waals surface area contributed by atoms with Gasteiger partial charge in [0.15, 0.2) is 0 Å². The van der Waals surface area contributed by atoms with E-state index < -0.39 is 12.7 Å². The molecule has 1 aromatic rings. The quantitative estimate of drug-likeness (QED) is 0.874. The molecular formula is C13H21F3N4. The molecule has 0 amide bonds. The standard InChI is InChI=1S/C13H21F3N4/c1-5-17-6-10-11(20(4)8-13(14,15)16)7-18-12(19-10)9(2)3/h7,9,17H,5-6,8H2,1-4H3. The fourth-order valence-electron chi connectivity index (χ4n) is 1.75. The van der Waals surface area contributed by atoms with Gasteiger partial charge >= 0.3 is 6.18 Å². The van der Waals surface area contributed by atoms with Gasteiger partial charge in [-0.3, -0.25) is 0 Å². The normalized spacial score (nSPS) is 12.0. The van der Waals surface area contributed by atoms with E-state index in [-0.39, 0.29) is 5.92 Å². The summed E-state index contributed by atoms with van der Waals surface area (Å²) in [7, 11) is 1.40. The number of alkyl halides is 3. The van der Waals surface area contributed by atoms with Crippen LogP contribution in [0.1, 0.15) is 38.2 Å². The van der Waals surface area contributed by atoms with Crippen molar-refractivity contribution >= 4 is 5.69 Å². The van der Waals surface area contributed by atoms with Gasteiger partial charge in [0.05, 0.1) is 17.6 Å². The van der Waals surface area contributed by atoms with Crippen molar-refractivity contribution in [2.75, 3.05) is 25.0 Å². The maximum atomic E-state index is 12.5. The van der Waals surface area contributed by atoms with Crippen LogP contribution in [0, 0.1) is 0 Å². The van der Waals surface area contributed by atoms with E-state index in [9.17, 15) is 13.2 Å². The lowest BCUT2D eigenvalue weighted by Gasteiger charge is -2.23. The molecule has 0 fully saturated rings. The first-order valence-corrected chi connectivity index (χ1v) is 6.59. The number of rotatable bonds is 6. The molecule has 0 aliphatic carbocycles. The molecule has 0 aromatic carbocycles. The zero-order valence-corrected chi connectivity index (χ0v) is 12.3. The molecule has 0 aliphatic rings. The van der Waals surface area contributed by atoms with Crippen LogP contribution in [0.2, 0.25) is 0 Å². The molecule has 0 unspecified atom stereocenters. The van der Waals surface area contributed by atoms with Crippen LogP contribution in [0.3, 0.4) is 0 Å². The Morgan fingerprint density at radius 3 is 2.50 bits per heavy atom. The first-order chi connectivity index (χ1) is 9.24. The van der Waals surface area contributed by atoms with E-state index in [0.717, 1.165) is 11.4 Å². The van der Waals surface area contributed by atoms with Gasteiger partial charge in [0.2, 0.25) is 0 Å². The SMILES string of the molecule is CCNCc1nc(C(C)C)ncc1N(C)CC(F)(F)F. The van der Waals surface area contributed by atoms with Gasteiger partial charge in [-0.05, 0) is 6.54 Å². The van der Waals surface area contributed by atoms with E-state index in [1.165, 1.54) is 13.2 Å². The highest BCUT2D eigenvalue weighted by atomic mass is 19.4. The highest BCUT2D eigenvalue weighted by molar-refractivity contribution is 5.48. The lowest BCUT2D eigenvalue weighted by atomic mass is 10.2. The third-order valence-corrected chi connectivity index (χ3v) is 2.75. The number of nitrogens with one attached hydrogen (secondary N) is 1. The summed E-state index contributed by atoms with van der Waals surface area (Å²) in [6.45, 7) is 5.97. The molecule has 0 spiro atoms. The van der Waals surface area contributed by atoms with Crippen LogP contribution in [-0.4, -0.2) is 36.3 Å². The highest BCUT2D eigenvalue weighted by Crippen LogP contribution is 2.23. The first-order valence-electron chi connectivity index (χ1n) is 6.59. The fourth-order valence-corrected chi connectivity index (χ4v) is 1.75. The Kier molecular flexibility index (Phi) is 5.74. The molecule has 20 heavy (non-hydrogen) atoms. The smallest absolute Gasteiger partial charge is 0.363 e. The number of halogens is 3. The van der Waals surface area contributed by atoms with Gasteiger partial charge in [-0.1, -0.05) is 20.8 Å². The van der Waals surface area contributed by atoms with E-state index in [1.807, 2.05) is 20.8 Å². The number of hydrogen-bond donors (Lipinski definition) is 1. The first kappa shape index (κ1) is 16.7. The van der Waals surface area contributed by atoms with E-state index in [0.29, 0.717) is 23.8 Å². The minimum Gasteiger partial charge on any atom is -0.363 e. The van der Waals surface area contributed by atoms with Gasteiger partial charge < -0.3 is 10.2 Å². The van der Waals surface area contributed by atoms with Gasteiger partial charge in [0.25, 0.3) is 0 Å². The molecule has 1 rings (SSSR count). The molecule has 0 saturated heterocycles. The van der Waals surface area contributed by atoms with Gasteiger partial charge in [-0.25, -0.2) is 9.97 Å². The molecule has 114 valence electrons. The maximum absolute atomic E-state index is 12.5. The van der Waals surface area contributed by atoms with Crippen molar-refractivity contribution in [3.05, 3.63) is 17.7 Å². The molecule has 0 aliphatic heterocycles. The summed E-state index contributed by atoms with van der Waals surface area (Å²) >= 11 is 0. The third kappa shape index (κ3) is 4.96. The van der Waals surface area contributed by atoms with E-state index >= 15 is 0 Å². The minimum atomic E-state index is -4.25. The van der Waals surface area contributed by atoms with Crippen LogP contribution in [-0.2, 0) is 6.54 Å². The number of nitrogens with zero attached hydrogens (tertiary/aromatic N) is 3. The van der Waals surface area contributed by atoms with Gasteiger partial charge in [-0.2, -0.15) is 13.2 Å². The second-order valence-corrected chi connectivity index (χ2v) is 4.97. The monoisotopic (exact) mass is 290 g/mol. The Labute approximate surface area is 117 Å². The average Bonchev–Trinajstić information content (AvgIpc) is 2.33. The van der Waals surface area contributed by atoms with Crippen molar-refractivity contribution < 1.29 is 13.2 Å². The van der Waals surface area contributed by atoms with Crippen LogP contribution in [0.5, 0.6) is 0 Å². The molecule has 7 heteroatoms. The predicted octanol–water partition coefficient (Wildman–Crippen LogP) is 2.71.